The molecule has 1 amide bonds. The lowest BCUT2D eigenvalue weighted by Crippen LogP contribution is -2.38. The highest BCUT2D eigenvalue weighted by atomic mass is 16.5. The van der Waals surface area contributed by atoms with Crippen molar-refractivity contribution in [2.24, 2.45) is 0 Å². The van der Waals surface area contributed by atoms with Crippen LogP contribution in [0.2, 0.25) is 0 Å². The molecule has 0 aliphatic rings. The Balaban J connectivity index is 2.25. The Morgan fingerprint density at radius 2 is 1.77 bits per heavy atom. The van der Waals surface area contributed by atoms with E-state index in [1.54, 1.807) is 17.0 Å². The van der Waals surface area contributed by atoms with Crippen LogP contribution in [0.15, 0.2) is 16.9 Å². The van der Waals surface area contributed by atoms with Gasteiger partial charge in [-0.15, -0.1) is 0 Å². The van der Waals surface area contributed by atoms with E-state index in [1.807, 2.05) is 25.8 Å². The Kier molecular flexibility index (Phi) is 6.57. The number of benzene rings is 1. The lowest BCUT2D eigenvalue weighted by atomic mass is 10.2. The van der Waals surface area contributed by atoms with Crippen molar-refractivity contribution in [1.82, 2.24) is 19.8 Å². The number of hydrogen-bond donors (Lipinski definition) is 1. The van der Waals surface area contributed by atoms with Crippen LogP contribution in [-0.4, -0.2) is 66.6 Å². The number of rotatable bonds is 8. The summed E-state index contributed by atoms with van der Waals surface area (Å²) in [6.45, 7) is 5.87. The number of aromatic nitrogens is 2. The highest BCUT2D eigenvalue weighted by Gasteiger charge is 2.15. The SMILES string of the molecule is CCN(CC)C(=O)CN(C)Cc1nc2cc(OC)c(OC)cc2c(=O)[nH]1. The van der Waals surface area contributed by atoms with Gasteiger partial charge in [-0.05, 0) is 27.0 Å². The van der Waals surface area contributed by atoms with Gasteiger partial charge < -0.3 is 19.4 Å². The Labute approximate surface area is 152 Å². The molecule has 1 aromatic heterocycles. The van der Waals surface area contributed by atoms with Gasteiger partial charge in [-0.25, -0.2) is 4.98 Å². The van der Waals surface area contributed by atoms with Gasteiger partial charge in [0.1, 0.15) is 5.82 Å². The van der Waals surface area contributed by atoms with E-state index in [9.17, 15) is 9.59 Å². The Morgan fingerprint density at radius 1 is 1.15 bits per heavy atom. The summed E-state index contributed by atoms with van der Waals surface area (Å²) < 4.78 is 10.5. The van der Waals surface area contributed by atoms with E-state index in [4.69, 9.17) is 9.47 Å². The third-order valence-electron chi connectivity index (χ3n) is 4.20. The zero-order chi connectivity index (χ0) is 19.3. The van der Waals surface area contributed by atoms with Crippen molar-refractivity contribution >= 4 is 16.8 Å². The van der Waals surface area contributed by atoms with Crippen molar-refractivity contribution in [3.05, 3.63) is 28.3 Å². The van der Waals surface area contributed by atoms with E-state index in [0.29, 0.717) is 47.9 Å². The molecule has 0 spiro atoms. The summed E-state index contributed by atoms with van der Waals surface area (Å²) in [5.74, 6) is 1.52. The maximum Gasteiger partial charge on any atom is 0.258 e. The second-order valence-electron chi connectivity index (χ2n) is 5.98. The molecule has 8 nitrogen and oxygen atoms in total. The summed E-state index contributed by atoms with van der Waals surface area (Å²) in [4.78, 5) is 35.4. The molecule has 26 heavy (non-hydrogen) atoms. The smallest absolute Gasteiger partial charge is 0.258 e. The monoisotopic (exact) mass is 362 g/mol. The van der Waals surface area contributed by atoms with Crippen molar-refractivity contribution in [3.63, 3.8) is 0 Å². The molecule has 2 aromatic rings. The zero-order valence-corrected chi connectivity index (χ0v) is 16.0. The van der Waals surface area contributed by atoms with E-state index in [1.165, 1.54) is 14.2 Å². The maximum atomic E-state index is 12.4. The Morgan fingerprint density at radius 3 is 2.35 bits per heavy atom. The number of likely N-dealkylation sites (N-methyl/N-ethyl adjacent to an activating group) is 2. The second kappa shape index (κ2) is 8.66. The van der Waals surface area contributed by atoms with Crippen molar-refractivity contribution in [1.29, 1.82) is 0 Å². The van der Waals surface area contributed by atoms with Crippen LogP contribution in [0.25, 0.3) is 10.9 Å². The van der Waals surface area contributed by atoms with Crippen LogP contribution in [0.1, 0.15) is 19.7 Å². The van der Waals surface area contributed by atoms with E-state index < -0.39 is 0 Å². The molecule has 0 bridgehead atoms. The van der Waals surface area contributed by atoms with Crippen LogP contribution >= 0.6 is 0 Å². The number of carbonyl (C=O) groups is 1. The number of H-pyrrole nitrogens is 1. The number of hydrogen-bond acceptors (Lipinski definition) is 6. The van der Waals surface area contributed by atoms with Crippen molar-refractivity contribution in [2.75, 3.05) is 40.9 Å². The van der Waals surface area contributed by atoms with Gasteiger partial charge in [0.25, 0.3) is 5.56 Å². The van der Waals surface area contributed by atoms with Gasteiger partial charge in [0.15, 0.2) is 11.5 Å². The lowest BCUT2D eigenvalue weighted by molar-refractivity contribution is -0.131. The van der Waals surface area contributed by atoms with Crippen LogP contribution in [0, 0.1) is 0 Å². The molecule has 0 aliphatic heterocycles. The summed E-state index contributed by atoms with van der Waals surface area (Å²) in [6, 6.07) is 3.28. The number of methoxy groups -OCH3 is 2. The molecule has 1 N–H and O–H groups in total. The van der Waals surface area contributed by atoms with Gasteiger partial charge in [-0.3, -0.25) is 14.5 Å². The summed E-state index contributed by atoms with van der Waals surface area (Å²) in [7, 11) is 4.87. The first-order chi connectivity index (χ1) is 12.4. The summed E-state index contributed by atoms with van der Waals surface area (Å²) in [5, 5.41) is 0.424. The molecule has 0 fully saturated rings. The van der Waals surface area contributed by atoms with E-state index in [-0.39, 0.29) is 18.0 Å². The van der Waals surface area contributed by atoms with Gasteiger partial charge in [-0.2, -0.15) is 0 Å². The van der Waals surface area contributed by atoms with Crippen LogP contribution < -0.4 is 15.0 Å². The fraction of sp³-hybridized carbons (Fsp3) is 0.500. The van der Waals surface area contributed by atoms with Crippen LogP contribution in [0.5, 0.6) is 11.5 Å². The van der Waals surface area contributed by atoms with Gasteiger partial charge in [0.2, 0.25) is 5.91 Å². The predicted molar refractivity (Wildman–Crippen MR) is 99.7 cm³/mol. The van der Waals surface area contributed by atoms with Crippen LogP contribution in [-0.2, 0) is 11.3 Å². The largest absolute Gasteiger partial charge is 0.493 e. The molecule has 1 heterocycles. The number of nitrogens with one attached hydrogen (secondary N) is 1. The average Bonchev–Trinajstić information content (AvgIpc) is 2.61. The standard InChI is InChI=1S/C18H26N4O4/c1-6-22(7-2)17(23)11-21(3)10-16-19-13-9-15(26-5)14(25-4)8-12(13)18(24)20-16/h8-9H,6-7,10-11H2,1-5H3,(H,19,20,24). The van der Waals surface area contributed by atoms with Crippen molar-refractivity contribution in [2.45, 2.75) is 20.4 Å². The number of amides is 1. The molecular formula is C18H26N4O4. The molecule has 0 atom stereocenters. The van der Waals surface area contributed by atoms with E-state index in [2.05, 4.69) is 9.97 Å². The molecule has 0 unspecified atom stereocenters. The molecule has 0 saturated heterocycles. The fourth-order valence-corrected chi connectivity index (χ4v) is 2.81. The zero-order valence-electron chi connectivity index (χ0n) is 16.0. The fourth-order valence-electron chi connectivity index (χ4n) is 2.81. The number of fused-ring (bicyclic) bond motifs is 1. The van der Waals surface area contributed by atoms with Crippen LogP contribution in [0.4, 0.5) is 0 Å². The first-order valence-corrected chi connectivity index (χ1v) is 8.54. The molecule has 0 aliphatic carbocycles. The molecular weight excluding hydrogens is 336 g/mol. The number of nitrogens with zero attached hydrogens (tertiary/aromatic N) is 3. The van der Waals surface area contributed by atoms with Gasteiger partial charge >= 0.3 is 0 Å². The van der Waals surface area contributed by atoms with Crippen molar-refractivity contribution < 1.29 is 14.3 Å². The number of ether oxygens (including phenoxy) is 2. The molecule has 0 saturated carbocycles. The highest BCUT2D eigenvalue weighted by molar-refractivity contribution is 5.82. The Hall–Kier alpha value is -2.61. The summed E-state index contributed by atoms with van der Waals surface area (Å²) in [5.41, 5.74) is 0.263. The molecule has 8 heteroatoms. The normalized spacial score (nSPS) is 11.0. The van der Waals surface area contributed by atoms with Crippen LogP contribution in [0.3, 0.4) is 0 Å². The van der Waals surface area contributed by atoms with Gasteiger partial charge in [-0.1, -0.05) is 0 Å². The quantitative estimate of drug-likeness (QED) is 0.760. The minimum Gasteiger partial charge on any atom is -0.493 e. The maximum absolute atomic E-state index is 12.4. The first-order valence-electron chi connectivity index (χ1n) is 8.54. The van der Waals surface area contributed by atoms with Gasteiger partial charge in [0.05, 0.1) is 38.2 Å². The molecule has 2 rings (SSSR count). The van der Waals surface area contributed by atoms with Crippen molar-refractivity contribution in [3.8, 4) is 11.5 Å². The van der Waals surface area contributed by atoms with E-state index >= 15 is 0 Å². The summed E-state index contributed by atoms with van der Waals surface area (Å²) >= 11 is 0. The molecule has 1 aromatic carbocycles. The molecule has 0 radical (unpaired) electrons. The summed E-state index contributed by atoms with van der Waals surface area (Å²) in [6.07, 6.45) is 0. The number of aromatic amines is 1. The lowest BCUT2D eigenvalue weighted by Gasteiger charge is -2.22. The minimum absolute atomic E-state index is 0.0482. The van der Waals surface area contributed by atoms with E-state index in [0.717, 1.165) is 0 Å². The van der Waals surface area contributed by atoms with Gasteiger partial charge in [0, 0.05) is 19.2 Å². The third kappa shape index (κ3) is 4.32. The average molecular weight is 362 g/mol. The number of carbonyl (C=O) groups excluding carboxylic acids is 1. The second-order valence-corrected chi connectivity index (χ2v) is 5.98. The highest BCUT2D eigenvalue weighted by Crippen LogP contribution is 2.29. The molecule has 142 valence electrons. The predicted octanol–water partition coefficient (Wildman–Crippen LogP) is 1.24. The minimum atomic E-state index is -0.255. The topological polar surface area (TPSA) is 87.8 Å². The Bertz CT molecular complexity index is 830. The first kappa shape index (κ1) is 19.7. The third-order valence-corrected chi connectivity index (χ3v) is 4.20.